The van der Waals surface area contributed by atoms with Gasteiger partial charge in [-0.05, 0) is 24.1 Å². The summed E-state index contributed by atoms with van der Waals surface area (Å²) < 4.78 is 5.30. The van der Waals surface area contributed by atoms with Gasteiger partial charge in [0.15, 0.2) is 0 Å². The number of rotatable bonds is 4. The summed E-state index contributed by atoms with van der Waals surface area (Å²) >= 11 is 0. The molecule has 5 heteroatoms. The lowest BCUT2D eigenvalue weighted by Crippen LogP contribution is -2.23. The molecular weight excluding hydrogens is 256 g/mol. The lowest BCUT2D eigenvalue weighted by molar-refractivity contribution is -0.142. The molecule has 1 heterocycles. The minimum atomic E-state index is -0.738. The fraction of sp³-hybridized carbons (Fsp3) is 0.467. The maximum absolute atomic E-state index is 11.1. The summed E-state index contributed by atoms with van der Waals surface area (Å²) in [6.07, 6.45) is 0. The van der Waals surface area contributed by atoms with Gasteiger partial charge in [-0.3, -0.25) is 9.69 Å². The number of hydrogen-bond acceptors (Lipinski definition) is 4. The first-order valence-corrected chi connectivity index (χ1v) is 6.57. The van der Waals surface area contributed by atoms with Gasteiger partial charge < -0.3 is 9.84 Å². The van der Waals surface area contributed by atoms with Crippen LogP contribution in [-0.2, 0) is 11.3 Å². The van der Waals surface area contributed by atoms with Crippen LogP contribution in [0.4, 0.5) is 0 Å². The first-order chi connectivity index (χ1) is 9.55. The molecule has 1 aliphatic rings. The summed E-state index contributed by atoms with van der Waals surface area (Å²) in [5.74, 6) is -0.189. The van der Waals surface area contributed by atoms with E-state index in [0.29, 0.717) is 18.7 Å². The Morgan fingerprint density at radius 3 is 2.85 bits per heavy atom. The van der Waals surface area contributed by atoms with Crippen molar-refractivity contribution in [3.63, 3.8) is 0 Å². The van der Waals surface area contributed by atoms with Gasteiger partial charge in [0.25, 0.3) is 0 Å². The summed E-state index contributed by atoms with van der Waals surface area (Å²) in [6, 6.07) is 7.41. The molecular formula is C15H18N2O3. The van der Waals surface area contributed by atoms with Crippen molar-refractivity contribution < 1.29 is 14.6 Å². The Kier molecular flexibility index (Phi) is 4.26. The van der Waals surface area contributed by atoms with Gasteiger partial charge in [0.2, 0.25) is 0 Å². The second kappa shape index (κ2) is 5.93. The SMILES string of the molecule is COc1ccc(C#N)cc1CN1CC(C)C(C(=O)O)C1. The lowest BCUT2D eigenvalue weighted by Gasteiger charge is -2.17. The van der Waals surface area contributed by atoms with E-state index in [1.54, 1.807) is 25.3 Å². The van der Waals surface area contributed by atoms with Crippen LogP contribution in [0.2, 0.25) is 0 Å². The highest BCUT2D eigenvalue weighted by atomic mass is 16.5. The van der Waals surface area contributed by atoms with E-state index in [1.165, 1.54) is 0 Å². The van der Waals surface area contributed by atoms with Crippen molar-refractivity contribution in [3.05, 3.63) is 29.3 Å². The summed E-state index contributed by atoms with van der Waals surface area (Å²) in [5, 5.41) is 18.1. The van der Waals surface area contributed by atoms with Crippen molar-refractivity contribution in [1.29, 1.82) is 5.26 Å². The molecule has 0 aliphatic carbocycles. The first-order valence-electron chi connectivity index (χ1n) is 6.57. The average Bonchev–Trinajstić information content (AvgIpc) is 2.79. The number of nitrogens with zero attached hydrogens (tertiary/aromatic N) is 2. The van der Waals surface area contributed by atoms with Crippen LogP contribution in [0.5, 0.6) is 5.75 Å². The molecule has 2 unspecified atom stereocenters. The monoisotopic (exact) mass is 274 g/mol. The molecule has 0 aromatic heterocycles. The van der Waals surface area contributed by atoms with Gasteiger partial charge in [0.05, 0.1) is 24.7 Å². The van der Waals surface area contributed by atoms with Gasteiger partial charge in [-0.1, -0.05) is 6.92 Å². The Labute approximate surface area is 118 Å². The Hall–Kier alpha value is -2.06. The third-order valence-electron chi connectivity index (χ3n) is 3.81. The normalized spacial score (nSPS) is 22.4. The van der Waals surface area contributed by atoms with Gasteiger partial charge in [-0.25, -0.2) is 0 Å². The fourth-order valence-electron chi connectivity index (χ4n) is 2.73. The number of carbonyl (C=O) groups is 1. The minimum absolute atomic E-state index is 0.137. The van der Waals surface area contributed by atoms with Crippen LogP contribution in [0, 0.1) is 23.2 Å². The number of hydrogen-bond donors (Lipinski definition) is 1. The van der Waals surface area contributed by atoms with Crippen molar-refractivity contribution in [2.24, 2.45) is 11.8 Å². The molecule has 5 nitrogen and oxygen atoms in total. The Morgan fingerprint density at radius 2 is 2.30 bits per heavy atom. The standard InChI is InChI=1S/C15H18N2O3/c1-10-7-17(9-13(10)15(18)19)8-12-5-11(6-16)3-4-14(12)20-2/h3-5,10,13H,7-9H2,1-2H3,(H,18,19). The van der Waals surface area contributed by atoms with Gasteiger partial charge in [0.1, 0.15) is 5.75 Å². The predicted octanol–water partition coefficient (Wildman–Crippen LogP) is 1.72. The van der Waals surface area contributed by atoms with E-state index in [2.05, 4.69) is 11.0 Å². The topological polar surface area (TPSA) is 73.6 Å². The zero-order valence-electron chi connectivity index (χ0n) is 11.7. The lowest BCUT2D eigenvalue weighted by atomic mass is 9.99. The molecule has 0 radical (unpaired) electrons. The van der Waals surface area contributed by atoms with E-state index in [9.17, 15) is 4.79 Å². The molecule has 1 aromatic rings. The van der Waals surface area contributed by atoms with Crippen molar-refractivity contribution in [2.45, 2.75) is 13.5 Å². The maximum atomic E-state index is 11.1. The average molecular weight is 274 g/mol. The van der Waals surface area contributed by atoms with Crippen molar-refractivity contribution >= 4 is 5.97 Å². The number of carboxylic acid groups (broad SMARTS) is 1. The molecule has 0 spiro atoms. The van der Waals surface area contributed by atoms with Gasteiger partial charge in [0, 0.05) is 25.2 Å². The van der Waals surface area contributed by atoms with Crippen LogP contribution in [0.25, 0.3) is 0 Å². The van der Waals surface area contributed by atoms with E-state index in [-0.39, 0.29) is 11.8 Å². The fourth-order valence-corrected chi connectivity index (χ4v) is 2.73. The zero-order valence-corrected chi connectivity index (χ0v) is 11.7. The van der Waals surface area contributed by atoms with E-state index in [0.717, 1.165) is 17.9 Å². The van der Waals surface area contributed by atoms with E-state index in [1.807, 2.05) is 6.92 Å². The van der Waals surface area contributed by atoms with Gasteiger partial charge in [-0.15, -0.1) is 0 Å². The summed E-state index contributed by atoms with van der Waals surface area (Å²) in [4.78, 5) is 13.2. The van der Waals surface area contributed by atoms with Crippen molar-refractivity contribution in [2.75, 3.05) is 20.2 Å². The highest BCUT2D eigenvalue weighted by Crippen LogP contribution is 2.27. The highest BCUT2D eigenvalue weighted by Gasteiger charge is 2.34. The molecule has 20 heavy (non-hydrogen) atoms. The maximum Gasteiger partial charge on any atom is 0.308 e. The predicted molar refractivity (Wildman–Crippen MR) is 73.3 cm³/mol. The van der Waals surface area contributed by atoms with E-state index < -0.39 is 5.97 Å². The van der Waals surface area contributed by atoms with Crippen LogP contribution in [-0.4, -0.2) is 36.2 Å². The number of ether oxygens (including phenoxy) is 1. The van der Waals surface area contributed by atoms with Crippen LogP contribution in [0.3, 0.4) is 0 Å². The molecule has 2 rings (SSSR count). The van der Waals surface area contributed by atoms with Gasteiger partial charge >= 0.3 is 5.97 Å². The summed E-state index contributed by atoms with van der Waals surface area (Å²) in [5.41, 5.74) is 1.51. The molecule has 1 aromatic carbocycles. The summed E-state index contributed by atoms with van der Waals surface area (Å²) in [6.45, 7) is 3.85. The van der Waals surface area contributed by atoms with Crippen molar-refractivity contribution in [1.82, 2.24) is 4.90 Å². The largest absolute Gasteiger partial charge is 0.496 e. The van der Waals surface area contributed by atoms with Crippen LogP contribution < -0.4 is 4.74 Å². The Bertz CT molecular complexity index is 551. The molecule has 0 bridgehead atoms. The van der Waals surface area contributed by atoms with E-state index >= 15 is 0 Å². The number of benzene rings is 1. The molecule has 2 atom stereocenters. The minimum Gasteiger partial charge on any atom is -0.496 e. The molecule has 1 aliphatic heterocycles. The molecule has 0 saturated carbocycles. The Morgan fingerprint density at radius 1 is 1.55 bits per heavy atom. The number of methoxy groups -OCH3 is 1. The number of likely N-dealkylation sites (tertiary alicyclic amines) is 1. The van der Waals surface area contributed by atoms with Crippen LogP contribution >= 0.6 is 0 Å². The molecule has 0 amide bonds. The number of carboxylic acids is 1. The molecule has 1 saturated heterocycles. The van der Waals surface area contributed by atoms with Gasteiger partial charge in [-0.2, -0.15) is 5.26 Å². The summed E-state index contributed by atoms with van der Waals surface area (Å²) in [7, 11) is 1.59. The zero-order chi connectivity index (χ0) is 14.7. The highest BCUT2D eigenvalue weighted by molar-refractivity contribution is 5.71. The second-order valence-corrected chi connectivity index (χ2v) is 5.25. The number of aliphatic carboxylic acids is 1. The second-order valence-electron chi connectivity index (χ2n) is 5.25. The van der Waals surface area contributed by atoms with E-state index in [4.69, 9.17) is 15.1 Å². The quantitative estimate of drug-likeness (QED) is 0.905. The third kappa shape index (κ3) is 2.91. The number of nitriles is 1. The molecule has 1 fully saturated rings. The van der Waals surface area contributed by atoms with Crippen molar-refractivity contribution in [3.8, 4) is 11.8 Å². The van der Waals surface area contributed by atoms with Crippen LogP contribution in [0.15, 0.2) is 18.2 Å². The Balaban J connectivity index is 2.15. The molecule has 106 valence electrons. The van der Waals surface area contributed by atoms with Crippen LogP contribution in [0.1, 0.15) is 18.1 Å². The smallest absolute Gasteiger partial charge is 0.308 e. The first kappa shape index (κ1) is 14.4. The third-order valence-corrected chi connectivity index (χ3v) is 3.81. The molecule has 1 N–H and O–H groups in total.